The average molecular weight is 289 g/mol. The lowest BCUT2D eigenvalue weighted by Gasteiger charge is -2.19. The van der Waals surface area contributed by atoms with Crippen molar-refractivity contribution in [1.29, 1.82) is 0 Å². The van der Waals surface area contributed by atoms with Crippen molar-refractivity contribution in [3.05, 3.63) is 48.0 Å². The van der Waals surface area contributed by atoms with Crippen LogP contribution in [0.25, 0.3) is 0 Å². The van der Waals surface area contributed by atoms with E-state index in [-0.39, 0.29) is 11.3 Å². The van der Waals surface area contributed by atoms with E-state index in [0.717, 1.165) is 5.56 Å². The zero-order chi connectivity index (χ0) is 16.0. The van der Waals surface area contributed by atoms with Crippen molar-refractivity contribution in [2.75, 3.05) is 7.11 Å². The van der Waals surface area contributed by atoms with Crippen molar-refractivity contribution in [3.8, 4) is 0 Å². The van der Waals surface area contributed by atoms with Gasteiger partial charge in [0, 0.05) is 5.56 Å². The van der Waals surface area contributed by atoms with Crippen LogP contribution in [0, 0.1) is 0 Å². The molecule has 0 aliphatic heterocycles. The molecule has 0 spiro atoms. The molecule has 0 heterocycles. The largest absolute Gasteiger partial charge is 0.467 e. The molecule has 21 heavy (non-hydrogen) atoms. The molecule has 0 bridgehead atoms. The van der Waals surface area contributed by atoms with E-state index in [1.807, 2.05) is 12.1 Å². The molecule has 0 radical (unpaired) electrons. The van der Waals surface area contributed by atoms with Gasteiger partial charge in [-0.3, -0.25) is 4.79 Å². The SMILES string of the molecule is C=CC[C@@H](NC(=O)c1ccc(C(C)(C)C)cc1)C(=O)OC. The molecule has 1 rings (SSSR count). The number of methoxy groups -OCH3 is 1. The van der Waals surface area contributed by atoms with Gasteiger partial charge < -0.3 is 10.1 Å². The van der Waals surface area contributed by atoms with Gasteiger partial charge in [0.15, 0.2) is 0 Å². The van der Waals surface area contributed by atoms with E-state index in [1.54, 1.807) is 18.2 Å². The summed E-state index contributed by atoms with van der Waals surface area (Å²) in [6.45, 7) is 9.91. The fourth-order valence-corrected chi connectivity index (χ4v) is 1.89. The molecule has 1 amide bonds. The van der Waals surface area contributed by atoms with Crippen LogP contribution in [0.4, 0.5) is 0 Å². The second-order valence-electron chi connectivity index (χ2n) is 5.90. The molecule has 0 fully saturated rings. The highest BCUT2D eigenvalue weighted by Crippen LogP contribution is 2.22. The fourth-order valence-electron chi connectivity index (χ4n) is 1.89. The third-order valence-electron chi connectivity index (χ3n) is 3.21. The second kappa shape index (κ2) is 7.07. The molecule has 0 aliphatic carbocycles. The topological polar surface area (TPSA) is 55.4 Å². The van der Waals surface area contributed by atoms with Crippen molar-refractivity contribution in [3.63, 3.8) is 0 Å². The number of esters is 1. The molecule has 0 aromatic heterocycles. The van der Waals surface area contributed by atoms with Gasteiger partial charge in [-0.1, -0.05) is 39.0 Å². The van der Waals surface area contributed by atoms with Gasteiger partial charge in [-0.05, 0) is 29.5 Å². The number of rotatable bonds is 5. The molecule has 1 aromatic carbocycles. The van der Waals surface area contributed by atoms with E-state index >= 15 is 0 Å². The number of hydrogen-bond acceptors (Lipinski definition) is 3. The van der Waals surface area contributed by atoms with E-state index in [2.05, 4.69) is 37.4 Å². The predicted molar refractivity (Wildman–Crippen MR) is 83.2 cm³/mol. The Morgan fingerprint density at radius 2 is 1.86 bits per heavy atom. The maximum Gasteiger partial charge on any atom is 0.328 e. The van der Waals surface area contributed by atoms with Crippen LogP contribution in [-0.4, -0.2) is 25.0 Å². The Hall–Kier alpha value is -2.10. The first-order valence-corrected chi connectivity index (χ1v) is 6.89. The summed E-state index contributed by atoms with van der Waals surface area (Å²) in [5, 5.41) is 2.66. The number of ether oxygens (including phenoxy) is 1. The second-order valence-corrected chi connectivity index (χ2v) is 5.90. The normalized spacial score (nSPS) is 12.4. The van der Waals surface area contributed by atoms with Crippen molar-refractivity contribution in [1.82, 2.24) is 5.32 Å². The van der Waals surface area contributed by atoms with Crippen LogP contribution in [0.1, 0.15) is 43.1 Å². The highest BCUT2D eigenvalue weighted by atomic mass is 16.5. The van der Waals surface area contributed by atoms with Gasteiger partial charge in [0.25, 0.3) is 5.91 Å². The predicted octanol–water partition coefficient (Wildman–Crippen LogP) is 2.83. The minimum absolute atomic E-state index is 0.0341. The van der Waals surface area contributed by atoms with Crippen LogP contribution in [0.5, 0.6) is 0 Å². The number of carbonyl (C=O) groups excluding carboxylic acids is 2. The Morgan fingerprint density at radius 1 is 1.29 bits per heavy atom. The summed E-state index contributed by atoms with van der Waals surface area (Å²) in [6.07, 6.45) is 1.91. The van der Waals surface area contributed by atoms with Crippen LogP contribution in [0.15, 0.2) is 36.9 Å². The van der Waals surface area contributed by atoms with Crippen molar-refractivity contribution in [2.45, 2.75) is 38.6 Å². The van der Waals surface area contributed by atoms with Crippen molar-refractivity contribution < 1.29 is 14.3 Å². The minimum Gasteiger partial charge on any atom is -0.467 e. The third-order valence-corrected chi connectivity index (χ3v) is 3.21. The molecule has 1 aromatic rings. The highest BCUT2D eigenvalue weighted by molar-refractivity contribution is 5.96. The Labute approximate surface area is 126 Å². The smallest absolute Gasteiger partial charge is 0.328 e. The zero-order valence-electron chi connectivity index (χ0n) is 13.1. The maximum absolute atomic E-state index is 12.2. The molecular weight excluding hydrogens is 266 g/mol. The summed E-state index contributed by atoms with van der Waals surface area (Å²) in [4.78, 5) is 23.7. The number of amides is 1. The van der Waals surface area contributed by atoms with E-state index in [4.69, 9.17) is 0 Å². The maximum atomic E-state index is 12.2. The molecular formula is C17H23NO3. The summed E-state index contributed by atoms with van der Waals surface area (Å²) < 4.78 is 4.66. The first-order chi connectivity index (χ1) is 9.79. The van der Waals surface area contributed by atoms with E-state index < -0.39 is 12.0 Å². The number of hydrogen-bond donors (Lipinski definition) is 1. The highest BCUT2D eigenvalue weighted by Gasteiger charge is 2.21. The monoisotopic (exact) mass is 289 g/mol. The Morgan fingerprint density at radius 3 is 2.29 bits per heavy atom. The quantitative estimate of drug-likeness (QED) is 0.670. The lowest BCUT2D eigenvalue weighted by Crippen LogP contribution is -2.41. The van der Waals surface area contributed by atoms with Crippen LogP contribution in [0.3, 0.4) is 0 Å². The molecule has 0 saturated carbocycles. The summed E-state index contributed by atoms with van der Waals surface area (Å²) in [5.41, 5.74) is 1.70. The number of carbonyl (C=O) groups is 2. The third kappa shape index (κ3) is 4.74. The molecule has 1 N–H and O–H groups in total. The van der Waals surface area contributed by atoms with Crippen molar-refractivity contribution in [2.24, 2.45) is 0 Å². The lowest BCUT2D eigenvalue weighted by atomic mass is 9.86. The van der Waals surface area contributed by atoms with E-state index in [1.165, 1.54) is 7.11 Å². The molecule has 4 nitrogen and oxygen atoms in total. The molecule has 0 aliphatic rings. The van der Waals surface area contributed by atoms with E-state index in [0.29, 0.717) is 12.0 Å². The standard InChI is InChI=1S/C17H23NO3/c1-6-7-14(16(20)21-5)18-15(19)12-8-10-13(11-9-12)17(2,3)4/h6,8-11,14H,1,7H2,2-5H3,(H,18,19)/t14-/m1/s1. The molecule has 1 atom stereocenters. The van der Waals surface area contributed by atoms with Gasteiger partial charge in [0.1, 0.15) is 6.04 Å². The van der Waals surface area contributed by atoms with Gasteiger partial charge in [-0.25, -0.2) is 4.79 Å². The first kappa shape index (κ1) is 17.0. The van der Waals surface area contributed by atoms with Gasteiger partial charge >= 0.3 is 5.97 Å². The Bertz CT molecular complexity index is 512. The van der Waals surface area contributed by atoms with Gasteiger partial charge in [-0.15, -0.1) is 6.58 Å². The van der Waals surface area contributed by atoms with Gasteiger partial charge in [-0.2, -0.15) is 0 Å². The van der Waals surface area contributed by atoms with Gasteiger partial charge in [0.05, 0.1) is 7.11 Å². The van der Waals surface area contributed by atoms with Crippen LogP contribution in [0.2, 0.25) is 0 Å². The number of benzene rings is 1. The Balaban J connectivity index is 2.83. The zero-order valence-corrected chi connectivity index (χ0v) is 13.1. The molecule has 114 valence electrons. The van der Waals surface area contributed by atoms with Crippen molar-refractivity contribution >= 4 is 11.9 Å². The summed E-state index contributed by atoms with van der Waals surface area (Å²) in [5.74, 6) is -0.776. The summed E-state index contributed by atoms with van der Waals surface area (Å²) in [7, 11) is 1.29. The fraction of sp³-hybridized carbons (Fsp3) is 0.412. The van der Waals surface area contributed by atoms with Crippen LogP contribution in [-0.2, 0) is 14.9 Å². The average Bonchev–Trinajstić information content (AvgIpc) is 2.45. The summed E-state index contributed by atoms with van der Waals surface area (Å²) >= 11 is 0. The van der Waals surface area contributed by atoms with E-state index in [9.17, 15) is 9.59 Å². The summed E-state index contributed by atoms with van der Waals surface area (Å²) in [6, 6.07) is 6.67. The van der Waals surface area contributed by atoms with Crippen LogP contribution >= 0.6 is 0 Å². The minimum atomic E-state index is -0.706. The Kier molecular flexibility index (Phi) is 5.70. The molecule has 4 heteroatoms. The van der Waals surface area contributed by atoms with Gasteiger partial charge in [0.2, 0.25) is 0 Å². The molecule has 0 unspecified atom stereocenters. The van der Waals surface area contributed by atoms with Crippen LogP contribution < -0.4 is 5.32 Å². The lowest BCUT2D eigenvalue weighted by molar-refractivity contribution is -0.142. The molecule has 0 saturated heterocycles. The first-order valence-electron chi connectivity index (χ1n) is 6.89. The number of nitrogens with one attached hydrogen (secondary N) is 1.